The molecule has 3 atom stereocenters. The van der Waals surface area contributed by atoms with E-state index in [-0.39, 0.29) is 17.8 Å². The first kappa shape index (κ1) is 15.2. The minimum Gasteiger partial charge on any atom is -0.480 e. The van der Waals surface area contributed by atoms with Crippen molar-refractivity contribution >= 4 is 29.6 Å². The summed E-state index contributed by atoms with van der Waals surface area (Å²) >= 11 is 1.42. The van der Waals surface area contributed by atoms with Crippen LogP contribution in [-0.4, -0.2) is 50.6 Å². The lowest BCUT2D eigenvalue weighted by Crippen LogP contribution is -2.51. The highest BCUT2D eigenvalue weighted by Crippen LogP contribution is 2.40. The van der Waals surface area contributed by atoms with Crippen LogP contribution in [0.3, 0.4) is 0 Å². The van der Waals surface area contributed by atoms with Gasteiger partial charge in [0, 0.05) is 11.2 Å². The van der Waals surface area contributed by atoms with Crippen molar-refractivity contribution in [3.05, 3.63) is 0 Å². The number of carbonyl (C=O) groups excluding carboxylic acids is 2. The van der Waals surface area contributed by atoms with Crippen molar-refractivity contribution in [1.82, 2.24) is 4.90 Å². The fourth-order valence-electron chi connectivity index (χ4n) is 2.69. The Morgan fingerprint density at radius 2 is 2.15 bits per heavy atom. The largest absolute Gasteiger partial charge is 0.480 e. The normalized spacial score (nSPS) is 32.2. The number of rotatable bonds is 3. The Hall–Kier alpha value is -1.24. The Morgan fingerprint density at radius 3 is 2.65 bits per heavy atom. The summed E-state index contributed by atoms with van der Waals surface area (Å²) in [5, 5.41) is 9.35. The highest BCUT2D eigenvalue weighted by molar-refractivity contribution is 8.00. The van der Waals surface area contributed by atoms with Crippen LogP contribution < -0.4 is 0 Å². The van der Waals surface area contributed by atoms with Crippen LogP contribution in [0.15, 0.2) is 0 Å². The SMILES string of the molecule is CC[C@@H]1C[C@@H](C(=O)N2CSC(C)(C)[C@H]2C(=O)O)OC1=O. The van der Waals surface area contributed by atoms with Gasteiger partial charge < -0.3 is 14.7 Å². The van der Waals surface area contributed by atoms with Gasteiger partial charge in [-0.05, 0) is 20.3 Å². The maximum atomic E-state index is 12.4. The third-order valence-corrected chi connectivity index (χ3v) is 5.30. The van der Waals surface area contributed by atoms with Crippen LogP contribution in [0.25, 0.3) is 0 Å². The van der Waals surface area contributed by atoms with Crippen LogP contribution in [0.2, 0.25) is 0 Å². The van der Waals surface area contributed by atoms with Gasteiger partial charge in [0.2, 0.25) is 0 Å². The first-order valence-electron chi connectivity index (χ1n) is 6.65. The highest BCUT2D eigenvalue weighted by Gasteiger charge is 2.51. The first-order chi connectivity index (χ1) is 9.27. The van der Waals surface area contributed by atoms with E-state index in [1.54, 1.807) is 13.8 Å². The summed E-state index contributed by atoms with van der Waals surface area (Å²) in [5.74, 6) is -1.71. The highest BCUT2D eigenvalue weighted by atomic mass is 32.2. The molecule has 2 rings (SSSR count). The van der Waals surface area contributed by atoms with Gasteiger partial charge in [-0.3, -0.25) is 9.59 Å². The van der Waals surface area contributed by atoms with Crippen molar-refractivity contribution in [2.75, 3.05) is 5.88 Å². The second kappa shape index (κ2) is 5.27. The van der Waals surface area contributed by atoms with Gasteiger partial charge in [-0.25, -0.2) is 4.79 Å². The number of nitrogens with zero attached hydrogens (tertiary/aromatic N) is 1. The van der Waals surface area contributed by atoms with Crippen molar-refractivity contribution in [1.29, 1.82) is 0 Å². The number of esters is 1. The van der Waals surface area contributed by atoms with Crippen molar-refractivity contribution in [2.24, 2.45) is 5.92 Å². The van der Waals surface area contributed by atoms with E-state index in [1.165, 1.54) is 16.7 Å². The van der Waals surface area contributed by atoms with E-state index < -0.39 is 22.9 Å². The summed E-state index contributed by atoms with van der Waals surface area (Å²) in [7, 11) is 0. The molecule has 0 spiro atoms. The van der Waals surface area contributed by atoms with E-state index in [4.69, 9.17) is 4.74 Å². The van der Waals surface area contributed by atoms with Gasteiger partial charge >= 0.3 is 11.9 Å². The lowest BCUT2D eigenvalue weighted by atomic mass is 9.99. The molecule has 0 aliphatic carbocycles. The summed E-state index contributed by atoms with van der Waals surface area (Å²) in [6.45, 7) is 5.48. The maximum Gasteiger partial charge on any atom is 0.327 e. The monoisotopic (exact) mass is 301 g/mol. The average molecular weight is 301 g/mol. The molecule has 0 aromatic carbocycles. The van der Waals surface area contributed by atoms with Crippen LogP contribution in [0, 0.1) is 5.92 Å². The van der Waals surface area contributed by atoms with E-state index in [1.807, 2.05) is 6.92 Å². The molecule has 0 bridgehead atoms. The van der Waals surface area contributed by atoms with Crippen molar-refractivity contribution in [3.63, 3.8) is 0 Å². The van der Waals surface area contributed by atoms with Crippen molar-refractivity contribution in [2.45, 2.75) is 50.5 Å². The van der Waals surface area contributed by atoms with E-state index in [2.05, 4.69) is 0 Å². The Labute approximate surface area is 121 Å². The van der Waals surface area contributed by atoms with Crippen LogP contribution in [0.1, 0.15) is 33.6 Å². The van der Waals surface area contributed by atoms with Crippen LogP contribution in [-0.2, 0) is 19.1 Å². The standard InChI is InChI=1S/C13H19NO5S/c1-4-7-5-8(19-12(7)18)10(15)14-6-20-13(2,3)9(14)11(16)17/h7-9H,4-6H2,1-3H3,(H,16,17)/t7-,8+,9-/m1/s1. The predicted octanol–water partition coefficient (Wildman–Crippen LogP) is 1.09. The summed E-state index contributed by atoms with van der Waals surface area (Å²) in [4.78, 5) is 36.7. The van der Waals surface area contributed by atoms with Gasteiger partial charge in [-0.2, -0.15) is 0 Å². The molecule has 0 aromatic rings. The lowest BCUT2D eigenvalue weighted by Gasteiger charge is -2.28. The number of hydrogen-bond donors (Lipinski definition) is 1. The Kier molecular flexibility index (Phi) is 4.00. The molecular weight excluding hydrogens is 282 g/mol. The fraction of sp³-hybridized carbons (Fsp3) is 0.769. The maximum absolute atomic E-state index is 12.4. The number of carboxylic acids is 1. The smallest absolute Gasteiger partial charge is 0.327 e. The second-order valence-electron chi connectivity index (χ2n) is 5.69. The molecule has 2 saturated heterocycles. The average Bonchev–Trinajstić information content (AvgIpc) is 2.88. The number of ether oxygens (including phenoxy) is 1. The zero-order chi connectivity index (χ0) is 15.1. The molecule has 6 nitrogen and oxygen atoms in total. The van der Waals surface area contributed by atoms with Crippen molar-refractivity contribution in [3.8, 4) is 0 Å². The molecular formula is C13H19NO5S. The third kappa shape index (κ3) is 2.51. The predicted molar refractivity (Wildman–Crippen MR) is 73.1 cm³/mol. The number of carboxylic acid groups (broad SMARTS) is 1. The van der Waals surface area contributed by atoms with Gasteiger partial charge in [0.25, 0.3) is 5.91 Å². The van der Waals surface area contributed by atoms with E-state index >= 15 is 0 Å². The molecule has 0 saturated carbocycles. The zero-order valence-corrected chi connectivity index (χ0v) is 12.6. The minimum absolute atomic E-state index is 0.254. The topological polar surface area (TPSA) is 83.9 Å². The summed E-state index contributed by atoms with van der Waals surface area (Å²) in [6.07, 6.45) is 0.150. The van der Waals surface area contributed by atoms with E-state index in [9.17, 15) is 19.5 Å². The first-order valence-corrected chi connectivity index (χ1v) is 7.64. The molecule has 20 heavy (non-hydrogen) atoms. The number of aliphatic carboxylic acids is 1. The van der Waals surface area contributed by atoms with Crippen molar-refractivity contribution < 1.29 is 24.2 Å². The fourth-order valence-corrected chi connectivity index (χ4v) is 3.83. The van der Waals surface area contributed by atoms with Crippen LogP contribution in [0.5, 0.6) is 0 Å². The molecule has 2 aliphatic rings. The molecule has 1 amide bonds. The molecule has 0 radical (unpaired) electrons. The van der Waals surface area contributed by atoms with Gasteiger partial charge in [0.05, 0.1) is 11.8 Å². The third-order valence-electron chi connectivity index (χ3n) is 3.92. The Balaban J connectivity index is 2.14. The summed E-state index contributed by atoms with van der Waals surface area (Å²) in [5.41, 5.74) is 0. The number of hydrogen-bond acceptors (Lipinski definition) is 5. The Morgan fingerprint density at radius 1 is 1.50 bits per heavy atom. The van der Waals surface area contributed by atoms with Crippen LogP contribution in [0.4, 0.5) is 0 Å². The molecule has 0 unspecified atom stereocenters. The quantitative estimate of drug-likeness (QED) is 0.786. The minimum atomic E-state index is -1.02. The van der Waals surface area contributed by atoms with Gasteiger partial charge in [0.15, 0.2) is 6.10 Å². The molecule has 7 heteroatoms. The molecule has 2 fully saturated rings. The van der Waals surface area contributed by atoms with Crippen LogP contribution >= 0.6 is 11.8 Å². The van der Waals surface area contributed by atoms with E-state index in [0.717, 1.165) is 0 Å². The second-order valence-corrected chi connectivity index (χ2v) is 7.29. The summed E-state index contributed by atoms with van der Waals surface area (Å²) < 4.78 is 4.56. The molecule has 112 valence electrons. The molecule has 2 heterocycles. The number of cyclic esters (lactones) is 1. The summed E-state index contributed by atoms with van der Waals surface area (Å²) in [6, 6.07) is -0.889. The zero-order valence-electron chi connectivity index (χ0n) is 11.8. The van der Waals surface area contributed by atoms with Gasteiger partial charge in [-0.15, -0.1) is 11.8 Å². The number of thioether (sulfide) groups is 1. The lowest BCUT2D eigenvalue weighted by molar-refractivity contribution is -0.158. The Bertz CT molecular complexity index is 450. The number of carbonyl (C=O) groups is 3. The van der Waals surface area contributed by atoms with Gasteiger partial charge in [0.1, 0.15) is 6.04 Å². The molecule has 2 aliphatic heterocycles. The van der Waals surface area contributed by atoms with E-state index in [0.29, 0.717) is 18.7 Å². The molecule has 1 N–H and O–H groups in total. The van der Waals surface area contributed by atoms with Gasteiger partial charge in [-0.1, -0.05) is 6.92 Å². The molecule has 0 aromatic heterocycles. The number of amides is 1.